The van der Waals surface area contributed by atoms with Crippen LogP contribution in [0.3, 0.4) is 0 Å². The van der Waals surface area contributed by atoms with Crippen LogP contribution in [0, 0.1) is 0 Å². The number of ether oxygens (including phenoxy) is 1. The van der Waals surface area contributed by atoms with E-state index in [1.807, 2.05) is 48.5 Å². The molecule has 0 saturated heterocycles. The zero-order chi connectivity index (χ0) is 22.7. The summed E-state index contributed by atoms with van der Waals surface area (Å²) in [5.74, 6) is 1.80. The third-order valence-electron chi connectivity index (χ3n) is 5.78. The molecule has 1 aliphatic heterocycles. The van der Waals surface area contributed by atoms with Crippen LogP contribution < -0.4 is 15.6 Å². The first-order valence-electron chi connectivity index (χ1n) is 10.8. The van der Waals surface area contributed by atoms with E-state index in [0.29, 0.717) is 36.7 Å². The Morgan fingerprint density at radius 2 is 1.94 bits per heavy atom. The van der Waals surface area contributed by atoms with Crippen molar-refractivity contribution in [2.24, 2.45) is 0 Å². The summed E-state index contributed by atoms with van der Waals surface area (Å²) in [7, 11) is 1.63. The summed E-state index contributed by atoms with van der Waals surface area (Å²) in [5.41, 5.74) is 4.02. The Morgan fingerprint density at radius 1 is 1.19 bits per heavy atom. The fourth-order valence-electron chi connectivity index (χ4n) is 3.92. The number of carbonyl (C=O) groups excluding carboxylic acids is 1. The number of fused-ring (bicyclic) bond motifs is 1. The minimum Gasteiger partial charge on any atom is -0.496 e. The topological polar surface area (TPSA) is 87.3 Å². The minimum absolute atomic E-state index is 0.196. The fraction of sp³-hybridized carbons (Fsp3) is 0.320. The van der Waals surface area contributed by atoms with Gasteiger partial charge >= 0.3 is 6.03 Å². The summed E-state index contributed by atoms with van der Waals surface area (Å²) >= 11 is 0. The molecule has 2 N–H and O–H groups in total. The minimum atomic E-state index is -0.217. The van der Waals surface area contributed by atoms with Crippen molar-refractivity contribution in [3.63, 3.8) is 0 Å². The number of urea groups is 1. The zero-order valence-electron chi connectivity index (χ0n) is 18.6. The number of rotatable bonds is 5. The molecular weight excluding hydrogens is 404 g/mol. The molecule has 0 radical (unpaired) electrons. The van der Waals surface area contributed by atoms with Gasteiger partial charge in [-0.2, -0.15) is 0 Å². The molecule has 4 rings (SSSR count). The lowest BCUT2D eigenvalue weighted by atomic mass is 10.0. The van der Waals surface area contributed by atoms with E-state index in [1.54, 1.807) is 12.0 Å². The number of nitrogens with one attached hydrogen (secondary N) is 2. The highest BCUT2D eigenvalue weighted by atomic mass is 16.5. The van der Waals surface area contributed by atoms with Gasteiger partial charge < -0.3 is 19.9 Å². The second-order valence-electron chi connectivity index (χ2n) is 8.30. The van der Waals surface area contributed by atoms with Crippen LogP contribution in [0.25, 0.3) is 0 Å². The van der Waals surface area contributed by atoms with E-state index < -0.39 is 0 Å². The molecule has 0 fully saturated rings. The highest BCUT2D eigenvalue weighted by Gasteiger charge is 2.25. The number of amides is 2. The van der Waals surface area contributed by atoms with Gasteiger partial charge in [0.25, 0.3) is 5.56 Å². The van der Waals surface area contributed by atoms with Gasteiger partial charge in [0.2, 0.25) is 0 Å². The first kappa shape index (κ1) is 21.6. The number of aromatic amines is 1. The molecular formula is C25H28N4O3. The largest absolute Gasteiger partial charge is 0.496 e. The lowest BCUT2D eigenvalue weighted by molar-refractivity contribution is 0.205. The highest BCUT2D eigenvalue weighted by Crippen LogP contribution is 2.21. The van der Waals surface area contributed by atoms with Crippen molar-refractivity contribution in [3.05, 3.63) is 87.1 Å². The van der Waals surface area contributed by atoms with E-state index in [0.717, 1.165) is 22.7 Å². The van der Waals surface area contributed by atoms with Crippen LogP contribution in [0.1, 0.15) is 48.0 Å². The highest BCUT2D eigenvalue weighted by molar-refractivity contribution is 5.89. The second-order valence-corrected chi connectivity index (χ2v) is 8.30. The average molecular weight is 433 g/mol. The molecule has 32 heavy (non-hydrogen) atoms. The summed E-state index contributed by atoms with van der Waals surface area (Å²) in [6.07, 6.45) is 1.01. The Bertz CT molecular complexity index is 1170. The van der Waals surface area contributed by atoms with E-state index >= 15 is 0 Å². The van der Waals surface area contributed by atoms with Crippen molar-refractivity contribution in [1.82, 2.24) is 14.9 Å². The molecule has 166 valence electrons. The van der Waals surface area contributed by atoms with Crippen LogP contribution in [-0.2, 0) is 19.4 Å². The van der Waals surface area contributed by atoms with Gasteiger partial charge in [-0.3, -0.25) is 4.79 Å². The first-order chi connectivity index (χ1) is 15.4. The molecule has 7 nitrogen and oxygen atoms in total. The quantitative estimate of drug-likeness (QED) is 0.636. The van der Waals surface area contributed by atoms with E-state index in [4.69, 9.17) is 4.74 Å². The van der Waals surface area contributed by atoms with Crippen molar-refractivity contribution in [1.29, 1.82) is 0 Å². The lowest BCUT2D eigenvalue weighted by Crippen LogP contribution is -2.42. The number of H-pyrrole nitrogens is 1. The third-order valence-corrected chi connectivity index (χ3v) is 5.78. The van der Waals surface area contributed by atoms with E-state index in [9.17, 15) is 9.59 Å². The van der Waals surface area contributed by atoms with Crippen LogP contribution in [-0.4, -0.2) is 34.6 Å². The Hall–Kier alpha value is -3.61. The van der Waals surface area contributed by atoms with Crippen molar-refractivity contribution in [3.8, 4) is 5.75 Å². The standard InChI is InChI=1S/C25H28N4O3/c1-16(2)17-8-10-19(11-9-17)26-25(31)29-13-12-21-20(15-29)24(30)28-23(27-21)14-18-6-4-5-7-22(18)32-3/h4-11,16H,12-15H2,1-3H3,(H,26,31)(H,27,28,30). The van der Waals surface area contributed by atoms with Crippen molar-refractivity contribution in [2.75, 3.05) is 19.0 Å². The molecule has 0 bridgehead atoms. The smallest absolute Gasteiger partial charge is 0.322 e. The molecule has 3 aromatic rings. The van der Waals surface area contributed by atoms with Gasteiger partial charge in [-0.1, -0.05) is 44.2 Å². The van der Waals surface area contributed by atoms with E-state index in [2.05, 4.69) is 29.1 Å². The van der Waals surface area contributed by atoms with Gasteiger partial charge in [-0.25, -0.2) is 9.78 Å². The van der Waals surface area contributed by atoms with Gasteiger partial charge in [0.05, 0.1) is 24.9 Å². The Balaban J connectivity index is 1.46. The second kappa shape index (κ2) is 9.26. The molecule has 0 spiro atoms. The molecule has 7 heteroatoms. The molecule has 0 unspecified atom stereocenters. The number of hydrogen-bond acceptors (Lipinski definition) is 4. The summed E-state index contributed by atoms with van der Waals surface area (Å²) in [6.45, 7) is 5.01. The molecule has 1 aliphatic rings. The molecule has 0 atom stereocenters. The van der Waals surface area contributed by atoms with Crippen molar-refractivity contribution < 1.29 is 9.53 Å². The Labute approximate surface area is 187 Å². The van der Waals surface area contributed by atoms with E-state index in [-0.39, 0.29) is 18.1 Å². The van der Waals surface area contributed by atoms with Crippen LogP contribution in [0.5, 0.6) is 5.75 Å². The van der Waals surface area contributed by atoms with Gasteiger partial charge in [0, 0.05) is 30.6 Å². The predicted molar refractivity (Wildman–Crippen MR) is 124 cm³/mol. The number of para-hydroxylation sites is 1. The summed E-state index contributed by atoms with van der Waals surface area (Å²) in [4.78, 5) is 34.7. The van der Waals surface area contributed by atoms with Crippen LogP contribution in [0.4, 0.5) is 10.5 Å². The van der Waals surface area contributed by atoms with Crippen LogP contribution in [0.2, 0.25) is 0 Å². The van der Waals surface area contributed by atoms with E-state index in [1.165, 1.54) is 5.56 Å². The number of nitrogens with zero attached hydrogens (tertiary/aromatic N) is 2. The average Bonchev–Trinajstić information content (AvgIpc) is 2.79. The molecule has 2 heterocycles. The Morgan fingerprint density at radius 3 is 2.66 bits per heavy atom. The summed E-state index contributed by atoms with van der Waals surface area (Å²) in [5, 5.41) is 2.93. The molecule has 0 aliphatic carbocycles. The molecule has 1 aromatic heterocycles. The van der Waals surface area contributed by atoms with Gasteiger partial charge in [-0.15, -0.1) is 0 Å². The first-order valence-corrected chi connectivity index (χ1v) is 10.8. The van der Waals surface area contributed by atoms with Crippen LogP contribution >= 0.6 is 0 Å². The molecule has 2 aromatic carbocycles. The number of benzene rings is 2. The predicted octanol–water partition coefficient (Wildman–Crippen LogP) is 4.08. The lowest BCUT2D eigenvalue weighted by Gasteiger charge is -2.28. The van der Waals surface area contributed by atoms with Crippen molar-refractivity contribution in [2.45, 2.75) is 39.2 Å². The maximum Gasteiger partial charge on any atom is 0.322 e. The summed E-state index contributed by atoms with van der Waals surface area (Å²) in [6, 6.07) is 15.3. The van der Waals surface area contributed by atoms with Crippen LogP contribution in [0.15, 0.2) is 53.3 Å². The maximum absolute atomic E-state index is 12.8. The van der Waals surface area contributed by atoms with Crippen molar-refractivity contribution >= 4 is 11.7 Å². The number of hydrogen-bond donors (Lipinski definition) is 2. The monoisotopic (exact) mass is 432 g/mol. The summed E-state index contributed by atoms with van der Waals surface area (Å²) < 4.78 is 5.40. The Kier molecular flexibility index (Phi) is 6.25. The van der Waals surface area contributed by atoms with Gasteiger partial charge in [-0.05, 0) is 29.7 Å². The number of carbonyl (C=O) groups is 1. The third kappa shape index (κ3) is 4.66. The number of methoxy groups -OCH3 is 1. The number of aromatic nitrogens is 2. The van der Waals surface area contributed by atoms with Gasteiger partial charge in [0.1, 0.15) is 11.6 Å². The zero-order valence-corrected chi connectivity index (χ0v) is 18.6. The molecule has 0 saturated carbocycles. The maximum atomic E-state index is 12.8. The van der Waals surface area contributed by atoms with Gasteiger partial charge in [0.15, 0.2) is 0 Å². The number of anilines is 1. The normalized spacial score (nSPS) is 13.1. The fourth-order valence-corrected chi connectivity index (χ4v) is 3.92. The SMILES string of the molecule is COc1ccccc1Cc1nc2c(c(=O)[nH]1)CN(C(=O)Nc1ccc(C(C)C)cc1)CC2. The molecule has 2 amide bonds.